The highest BCUT2D eigenvalue weighted by atomic mass is 16.4. The lowest BCUT2D eigenvalue weighted by Gasteiger charge is -2.19. The molecule has 1 rings (SSSR count). The molecule has 0 saturated heterocycles. The molecule has 0 spiro atoms. The Morgan fingerprint density at radius 2 is 2.19 bits per heavy atom. The normalized spacial score (nSPS) is 11.9. The minimum absolute atomic E-state index is 0.135. The molecule has 21 heavy (non-hydrogen) atoms. The molecule has 118 valence electrons. The molecule has 2 amide bonds. The van der Waals surface area contributed by atoms with Crippen LogP contribution in [0.15, 0.2) is 23.0 Å². The number of nitrogens with zero attached hydrogens (tertiary/aromatic N) is 1. The topological polar surface area (TPSA) is 82.8 Å². The summed E-state index contributed by atoms with van der Waals surface area (Å²) in [7, 11) is 1.73. The summed E-state index contributed by atoms with van der Waals surface area (Å²) in [5.41, 5.74) is 0.945. The molecule has 6 nitrogen and oxygen atoms in total. The third kappa shape index (κ3) is 6.83. The molecule has 1 atom stereocenters. The molecule has 0 saturated carbocycles. The fourth-order valence-corrected chi connectivity index (χ4v) is 2.13. The lowest BCUT2D eigenvalue weighted by atomic mass is 9.97. The van der Waals surface area contributed by atoms with E-state index in [9.17, 15) is 9.59 Å². The summed E-state index contributed by atoms with van der Waals surface area (Å²) in [6.07, 6.45) is 5.76. The van der Waals surface area contributed by atoms with Gasteiger partial charge in [-0.25, -0.2) is 4.79 Å². The monoisotopic (exact) mass is 296 g/mol. The van der Waals surface area contributed by atoms with Crippen LogP contribution in [0.5, 0.6) is 0 Å². The number of carboxylic acids is 1. The predicted octanol–water partition coefficient (Wildman–Crippen LogP) is 2.70. The number of carbonyl (C=O) groups is 2. The van der Waals surface area contributed by atoms with Crippen LogP contribution in [0.2, 0.25) is 0 Å². The third-order valence-electron chi connectivity index (χ3n) is 3.52. The average molecular weight is 296 g/mol. The Bertz CT molecular complexity index is 431. The van der Waals surface area contributed by atoms with Gasteiger partial charge in [0.05, 0.1) is 19.1 Å². The fourth-order valence-electron chi connectivity index (χ4n) is 2.13. The Balaban J connectivity index is 2.23. The van der Waals surface area contributed by atoms with Crippen LogP contribution in [0, 0.1) is 5.92 Å². The van der Waals surface area contributed by atoms with Crippen LogP contribution in [0.1, 0.15) is 38.2 Å². The minimum atomic E-state index is -0.766. The lowest BCUT2D eigenvalue weighted by Crippen LogP contribution is -2.37. The van der Waals surface area contributed by atoms with Crippen molar-refractivity contribution in [1.29, 1.82) is 0 Å². The quantitative estimate of drug-likeness (QED) is 0.734. The van der Waals surface area contributed by atoms with E-state index in [4.69, 9.17) is 9.52 Å². The number of aliphatic carboxylic acids is 1. The first-order chi connectivity index (χ1) is 10.0. The van der Waals surface area contributed by atoms with Gasteiger partial charge < -0.3 is 19.7 Å². The first-order valence-electron chi connectivity index (χ1n) is 7.24. The molecule has 0 aromatic carbocycles. The summed E-state index contributed by atoms with van der Waals surface area (Å²) in [5, 5.41) is 11.5. The summed E-state index contributed by atoms with van der Waals surface area (Å²) < 4.78 is 4.96. The highest BCUT2D eigenvalue weighted by Gasteiger charge is 2.12. The van der Waals surface area contributed by atoms with Crippen molar-refractivity contribution in [3.63, 3.8) is 0 Å². The van der Waals surface area contributed by atoms with E-state index >= 15 is 0 Å². The Morgan fingerprint density at radius 3 is 2.76 bits per heavy atom. The molecule has 0 bridgehead atoms. The first kappa shape index (κ1) is 17.1. The minimum Gasteiger partial charge on any atom is -0.481 e. The second-order valence-electron chi connectivity index (χ2n) is 5.21. The molecule has 0 aliphatic heterocycles. The van der Waals surface area contributed by atoms with E-state index in [1.54, 1.807) is 24.5 Å². The molecule has 1 aromatic heterocycles. The van der Waals surface area contributed by atoms with Gasteiger partial charge in [0, 0.05) is 25.6 Å². The van der Waals surface area contributed by atoms with Crippen molar-refractivity contribution >= 4 is 12.0 Å². The van der Waals surface area contributed by atoms with Gasteiger partial charge in [0.25, 0.3) is 0 Å². The van der Waals surface area contributed by atoms with Crippen LogP contribution in [0.4, 0.5) is 4.79 Å². The summed E-state index contributed by atoms with van der Waals surface area (Å²) in [6, 6.07) is 1.69. The van der Waals surface area contributed by atoms with E-state index < -0.39 is 5.97 Å². The smallest absolute Gasteiger partial charge is 0.317 e. The maximum absolute atomic E-state index is 11.9. The number of amides is 2. The van der Waals surface area contributed by atoms with Gasteiger partial charge in [-0.1, -0.05) is 13.3 Å². The molecule has 1 heterocycles. The van der Waals surface area contributed by atoms with Crippen molar-refractivity contribution in [1.82, 2.24) is 10.2 Å². The van der Waals surface area contributed by atoms with Crippen molar-refractivity contribution < 1.29 is 19.1 Å². The predicted molar refractivity (Wildman–Crippen MR) is 78.8 cm³/mol. The van der Waals surface area contributed by atoms with Crippen LogP contribution >= 0.6 is 0 Å². The summed E-state index contributed by atoms with van der Waals surface area (Å²) >= 11 is 0. The number of carbonyl (C=O) groups excluding carboxylic acids is 1. The maximum Gasteiger partial charge on any atom is 0.317 e. The zero-order valence-corrected chi connectivity index (χ0v) is 12.7. The zero-order chi connectivity index (χ0) is 15.7. The largest absolute Gasteiger partial charge is 0.481 e. The van der Waals surface area contributed by atoms with Gasteiger partial charge in [-0.15, -0.1) is 0 Å². The molecular formula is C15H24N2O4. The van der Waals surface area contributed by atoms with E-state index in [0.717, 1.165) is 18.4 Å². The Hall–Kier alpha value is -1.98. The van der Waals surface area contributed by atoms with Crippen LogP contribution in [0.25, 0.3) is 0 Å². The van der Waals surface area contributed by atoms with Crippen molar-refractivity contribution in [2.24, 2.45) is 5.92 Å². The summed E-state index contributed by atoms with van der Waals surface area (Å²) in [6.45, 7) is 3.10. The van der Waals surface area contributed by atoms with Gasteiger partial charge >= 0.3 is 12.0 Å². The van der Waals surface area contributed by atoms with E-state index in [-0.39, 0.29) is 12.5 Å². The van der Waals surface area contributed by atoms with E-state index in [2.05, 4.69) is 5.32 Å². The molecule has 0 aliphatic carbocycles. The molecule has 0 aliphatic rings. The third-order valence-corrected chi connectivity index (χ3v) is 3.52. The van der Waals surface area contributed by atoms with E-state index in [1.807, 2.05) is 13.0 Å². The average Bonchev–Trinajstić information content (AvgIpc) is 2.94. The van der Waals surface area contributed by atoms with E-state index in [1.165, 1.54) is 0 Å². The molecule has 1 unspecified atom stereocenters. The standard InChI is InChI=1S/C15H24N2O4/c1-3-12(4-5-14(18)19)6-8-16-15(20)17(2)10-13-7-9-21-11-13/h7,9,11-12H,3-6,8,10H2,1-2H3,(H,16,20)(H,18,19). The van der Waals surface area contributed by atoms with Crippen molar-refractivity contribution in [2.75, 3.05) is 13.6 Å². The molecule has 1 aromatic rings. The Kier molecular flexibility index (Phi) is 7.36. The number of carboxylic acid groups (broad SMARTS) is 1. The van der Waals surface area contributed by atoms with Gasteiger partial charge in [0.1, 0.15) is 0 Å². The highest BCUT2D eigenvalue weighted by Crippen LogP contribution is 2.14. The first-order valence-corrected chi connectivity index (χ1v) is 7.24. The number of urea groups is 1. The van der Waals surface area contributed by atoms with E-state index in [0.29, 0.717) is 25.4 Å². The van der Waals surface area contributed by atoms with Crippen LogP contribution in [-0.4, -0.2) is 35.6 Å². The Labute approximate surface area is 125 Å². The van der Waals surface area contributed by atoms with Crippen molar-refractivity contribution in [3.05, 3.63) is 24.2 Å². The lowest BCUT2D eigenvalue weighted by molar-refractivity contribution is -0.137. The second-order valence-corrected chi connectivity index (χ2v) is 5.21. The van der Waals surface area contributed by atoms with Gasteiger partial charge in [-0.05, 0) is 24.8 Å². The summed E-state index contributed by atoms with van der Waals surface area (Å²) in [4.78, 5) is 24.0. The van der Waals surface area contributed by atoms with Crippen molar-refractivity contribution in [2.45, 2.75) is 39.2 Å². The molecule has 0 fully saturated rings. The van der Waals surface area contributed by atoms with Crippen LogP contribution in [0.3, 0.4) is 0 Å². The number of hydrogen-bond donors (Lipinski definition) is 2. The van der Waals surface area contributed by atoms with Gasteiger partial charge in [0.2, 0.25) is 0 Å². The number of rotatable bonds is 9. The van der Waals surface area contributed by atoms with Gasteiger partial charge in [-0.3, -0.25) is 4.79 Å². The Morgan fingerprint density at radius 1 is 1.43 bits per heavy atom. The maximum atomic E-state index is 11.9. The van der Waals surface area contributed by atoms with Crippen LogP contribution in [-0.2, 0) is 11.3 Å². The molecule has 0 radical (unpaired) electrons. The summed E-state index contributed by atoms with van der Waals surface area (Å²) in [5.74, 6) is -0.432. The van der Waals surface area contributed by atoms with Crippen LogP contribution < -0.4 is 5.32 Å². The van der Waals surface area contributed by atoms with Gasteiger partial charge in [0.15, 0.2) is 0 Å². The second kappa shape index (κ2) is 9.05. The zero-order valence-electron chi connectivity index (χ0n) is 12.7. The number of furan rings is 1. The van der Waals surface area contributed by atoms with Crippen molar-refractivity contribution in [3.8, 4) is 0 Å². The SMILES string of the molecule is CCC(CCNC(=O)N(C)Cc1ccoc1)CCC(=O)O. The number of nitrogens with one attached hydrogen (secondary N) is 1. The molecular weight excluding hydrogens is 272 g/mol. The highest BCUT2D eigenvalue weighted by molar-refractivity contribution is 5.73. The fraction of sp³-hybridized carbons (Fsp3) is 0.600. The molecule has 2 N–H and O–H groups in total. The number of hydrogen-bond acceptors (Lipinski definition) is 3. The molecule has 6 heteroatoms. The van der Waals surface area contributed by atoms with Gasteiger partial charge in [-0.2, -0.15) is 0 Å².